The smallest absolute Gasteiger partial charge is 0.266 e. The molecule has 1 aromatic heterocycles. The minimum Gasteiger partial charge on any atom is -0.326 e. The number of carbonyl (C=O) groups is 2. The molecule has 138 valence electrons. The lowest BCUT2D eigenvalue weighted by atomic mass is 10.1. The van der Waals surface area contributed by atoms with Gasteiger partial charge in [-0.05, 0) is 24.5 Å². The highest BCUT2D eigenvalue weighted by molar-refractivity contribution is 5.98. The molecule has 0 fully saturated rings. The van der Waals surface area contributed by atoms with Crippen molar-refractivity contribution in [1.82, 2.24) is 14.7 Å². The van der Waals surface area contributed by atoms with Gasteiger partial charge in [0.2, 0.25) is 11.8 Å². The van der Waals surface area contributed by atoms with Crippen LogP contribution in [0, 0.1) is 5.92 Å². The Hall–Kier alpha value is -2.83. The Morgan fingerprint density at radius 3 is 2.73 bits per heavy atom. The van der Waals surface area contributed by atoms with Gasteiger partial charge >= 0.3 is 0 Å². The maximum Gasteiger partial charge on any atom is 0.266 e. The minimum absolute atomic E-state index is 0.0557. The van der Waals surface area contributed by atoms with Crippen molar-refractivity contribution >= 4 is 17.5 Å². The molecule has 2 amide bonds. The van der Waals surface area contributed by atoms with E-state index in [0.29, 0.717) is 24.7 Å². The van der Waals surface area contributed by atoms with Crippen molar-refractivity contribution in [2.45, 2.75) is 46.3 Å². The second kappa shape index (κ2) is 7.19. The van der Waals surface area contributed by atoms with Crippen LogP contribution in [0.2, 0.25) is 0 Å². The number of nitrogens with zero attached hydrogens (tertiary/aromatic N) is 2. The first-order valence-corrected chi connectivity index (χ1v) is 8.82. The third-order valence-corrected chi connectivity index (χ3v) is 4.51. The highest BCUT2D eigenvalue weighted by Gasteiger charge is 2.30. The monoisotopic (exact) mass is 356 g/mol. The van der Waals surface area contributed by atoms with E-state index in [1.54, 1.807) is 11.8 Å². The summed E-state index contributed by atoms with van der Waals surface area (Å²) in [6.45, 7) is 6.68. The van der Waals surface area contributed by atoms with E-state index in [9.17, 15) is 14.4 Å². The number of nitrogens with one attached hydrogen (secondary N) is 2. The Kier molecular flexibility index (Phi) is 4.97. The van der Waals surface area contributed by atoms with E-state index in [2.05, 4.69) is 10.4 Å². The molecular formula is C19H24N4O3. The largest absolute Gasteiger partial charge is 0.326 e. The van der Waals surface area contributed by atoms with E-state index in [1.807, 2.05) is 38.1 Å². The van der Waals surface area contributed by atoms with Crippen LogP contribution in [0.1, 0.15) is 32.0 Å². The molecule has 26 heavy (non-hydrogen) atoms. The van der Waals surface area contributed by atoms with Crippen molar-refractivity contribution in [3.05, 3.63) is 51.9 Å². The maximum absolute atomic E-state index is 12.8. The Bertz CT molecular complexity index is 881. The Labute approximate surface area is 152 Å². The number of H-pyrrole nitrogens is 1. The standard InChI is InChI=1S/C19H24N4O3/c1-12(2)10-23-18(25)9-15(21-23)8-17(24)22-11-14-6-4-5-7-16(14)20-19(26)13(22)3/h4-7,9,12-13,21H,8,10-11H2,1-3H3,(H,20,26). The van der Waals surface area contributed by atoms with Crippen LogP contribution >= 0.6 is 0 Å². The molecular weight excluding hydrogens is 332 g/mol. The SMILES string of the molecule is CC(C)Cn1[nH]c(CC(=O)N2Cc3ccccc3NC(=O)C2C)cc1=O. The third-order valence-electron chi connectivity index (χ3n) is 4.51. The molecule has 1 atom stereocenters. The second-order valence-corrected chi connectivity index (χ2v) is 7.14. The number of aromatic nitrogens is 2. The number of hydrogen-bond acceptors (Lipinski definition) is 3. The highest BCUT2D eigenvalue weighted by Crippen LogP contribution is 2.23. The van der Waals surface area contributed by atoms with Crippen LogP contribution in [0.5, 0.6) is 0 Å². The van der Waals surface area contributed by atoms with E-state index in [4.69, 9.17) is 0 Å². The zero-order valence-corrected chi connectivity index (χ0v) is 15.3. The van der Waals surface area contributed by atoms with Crippen molar-refractivity contribution in [3.63, 3.8) is 0 Å². The van der Waals surface area contributed by atoms with Gasteiger partial charge in [-0.2, -0.15) is 0 Å². The summed E-state index contributed by atoms with van der Waals surface area (Å²) >= 11 is 0. The first kappa shape index (κ1) is 18.0. The van der Waals surface area contributed by atoms with Crippen LogP contribution < -0.4 is 10.9 Å². The molecule has 2 heterocycles. The summed E-state index contributed by atoms with van der Waals surface area (Å²) in [7, 11) is 0. The molecule has 7 heteroatoms. The predicted octanol–water partition coefficient (Wildman–Crippen LogP) is 1.74. The Balaban J connectivity index is 1.80. The Morgan fingerprint density at radius 1 is 1.27 bits per heavy atom. The van der Waals surface area contributed by atoms with Crippen molar-refractivity contribution < 1.29 is 9.59 Å². The molecule has 3 rings (SSSR count). The molecule has 0 aliphatic carbocycles. The molecule has 2 aromatic rings. The molecule has 0 spiro atoms. The molecule has 7 nitrogen and oxygen atoms in total. The van der Waals surface area contributed by atoms with Crippen molar-refractivity contribution in [2.75, 3.05) is 5.32 Å². The van der Waals surface area contributed by atoms with Gasteiger partial charge in [0.1, 0.15) is 6.04 Å². The van der Waals surface area contributed by atoms with Gasteiger partial charge in [0, 0.05) is 30.5 Å². The lowest BCUT2D eigenvalue weighted by Crippen LogP contribution is -2.44. The highest BCUT2D eigenvalue weighted by atomic mass is 16.2. The fourth-order valence-corrected chi connectivity index (χ4v) is 3.13. The van der Waals surface area contributed by atoms with Gasteiger partial charge in [-0.3, -0.25) is 24.2 Å². The Morgan fingerprint density at radius 2 is 2.00 bits per heavy atom. The average molecular weight is 356 g/mol. The fourth-order valence-electron chi connectivity index (χ4n) is 3.13. The topological polar surface area (TPSA) is 87.2 Å². The van der Waals surface area contributed by atoms with Gasteiger partial charge in [0.25, 0.3) is 5.56 Å². The summed E-state index contributed by atoms with van der Waals surface area (Å²) in [5.41, 5.74) is 2.04. The second-order valence-electron chi connectivity index (χ2n) is 7.14. The zero-order chi connectivity index (χ0) is 18.8. The van der Waals surface area contributed by atoms with Gasteiger partial charge < -0.3 is 10.2 Å². The number of amides is 2. The summed E-state index contributed by atoms with van der Waals surface area (Å²) in [5.74, 6) is -0.0859. The first-order valence-electron chi connectivity index (χ1n) is 8.82. The lowest BCUT2D eigenvalue weighted by molar-refractivity contribution is -0.138. The van der Waals surface area contributed by atoms with E-state index < -0.39 is 6.04 Å². The number of carbonyl (C=O) groups excluding carboxylic acids is 2. The lowest BCUT2D eigenvalue weighted by Gasteiger charge is -2.25. The predicted molar refractivity (Wildman–Crippen MR) is 98.7 cm³/mol. The van der Waals surface area contributed by atoms with Crippen molar-refractivity contribution in [2.24, 2.45) is 5.92 Å². The zero-order valence-electron chi connectivity index (χ0n) is 15.3. The molecule has 1 aliphatic heterocycles. The average Bonchev–Trinajstić information content (AvgIpc) is 2.84. The van der Waals surface area contributed by atoms with Crippen molar-refractivity contribution in [3.8, 4) is 0 Å². The number of rotatable bonds is 4. The van der Waals surface area contributed by atoms with Crippen LogP contribution in [0.15, 0.2) is 35.1 Å². The quantitative estimate of drug-likeness (QED) is 0.875. The normalized spacial score (nSPS) is 17.0. The molecule has 0 saturated carbocycles. The molecule has 0 radical (unpaired) electrons. The van der Waals surface area contributed by atoms with E-state index in [-0.39, 0.29) is 23.8 Å². The van der Waals surface area contributed by atoms with Gasteiger partial charge in [-0.1, -0.05) is 32.0 Å². The minimum atomic E-state index is -0.584. The molecule has 0 saturated heterocycles. The summed E-state index contributed by atoms with van der Waals surface area (Å²) in [6.07, 6.45) is 0.0557. The summed E-state index contributed by atoms with van der Waals surface area (Å²) in [4.78, 5) is 38.8. The number of hydrogen-bond donors (Lipinski definition) is 2. The van der Waals surface area contributed by atoms with Gasteiger partial charge in [0.05, 0.1) is 6.42 Å². The maximum atomic E-state index is 12.8. The molecule has 2 N–H and O–H groups in total. The molecule has 1 aromatic carbocycles. The number of fused-ring (bicyclic) bond motifs is 1. The fraction of sp³-hybridized carbons (Fsp3) is 0.421. The molecule has 0 bridgehead atoms. The molecule has 1 unspecified atom stereocenters. The number of para-hydroxylation sites is 1. The summed E-state index contributed by atoms with van der Waals surface area (Å²) < 4.78 is 1.52. The number of anilines is 1. The van der Waals surface area contributed by atoms with Crippen molar-refractivity contribution in [1.29, 1.82) is 0 Å². The van der Waals surface area contributed by atoms with Crippen LogP contribution in [-0.2, 0) is 29.1 Å². The van der Waals surface area contributed by atoms with Gasteiger partial charge in [-0.15, -0.1) is 0 Å². The molecule has 1 aliphatic rings. The summed E-state index contributed by atoms with van der Waals surface area (Å²) in [6, 6.07) is 8.33. The van der Waals surface area contributed by atoms with Gasteiger partial charge in [-0.25, -0.2) is 0 Å². The first-order chi connectivity index (χ1) is 12.3. The number of benzene rings is 1. The van der Waals surface area contributed by atoms with E-state index in [0.717, 1.165) is 11.3 Å². The summed E-state index contributed by atoms with van der Waals surface area (Å²) in [5, 5.41) is 5.86. The van der Waals surface area contributed by atoms with E-state index in [1.165, 1.54) is 10.7 Å². The van der Waals surface area contributed by atoms with Gasteiger partial charge in [0.15, 0.2) is 0 Å². The van der Waals surface area contributed by atoms with Crippen LogP contribution in [-0.4, -0.2) is 32.5 Å². The van der Waals surface area contributed by atoms with Crippen LogP contribution in [0.4, 0.5) is 5.69 Å². The van der Waals surface area contributed by atoms with Crippen LogP contribution in [0.3, 0.4) is 0 Å². The third kappa shape index (κ3) is 3.71. The van der Waals surface area contributed by atoms with E-state index >= 15 is 0 Å². The number of aromatic amines is 1. The van der Waals surface area contributed by atoms with Crippen LogP contribution in [0.25, 0.3) is 0 Å².